The lowest BCUT2D eigenvalue weighted by atomic mass is 9.78. The number of nitrogens with zero attached hydrogens (tertiary/aromatic N) is 1. The lowest BCUT2D eigenvalue weighted by Crippen LogP contribution is -2.18. The van der Waals surface area contributed by atoms with Crippen molar-refractivity contribution >= 4 is 23.4 Å². The average Bonchev–Trinajstić information content (AvgIpc) is 3.00. The highest BCUT2D eigenvalue weighted by Crippen LogP contribution is 2.33. The first-order valence-corrected chi connectivity index (χ1v) is 9.08. The summed E-state index contributed by atoms with van der Waals surface area (Å²) in [7, 11) is 0. The highest BCUT2D eigenvalue weighted by atomic mass is 35.5. The third kappa shape index (κ3) is 4.18. The number of aromatic nitrogens is 2. The predicted octanol–water partition coefficient (Wildman–Crippen LogP) is 5.42. The fourth-order valence-electron chi connectivity index (χ4n) is 4.04. The van der Waals surface area contributed by atoms with Crippen molar-refractivity contribution in [3.05, 3.63) is 59.7 Å². The summed E-state index contributed by atoms with van der Waals surface area (Å²) in [6.45, 7) is 0. The molecule has 1 saturated carbocycles. The van der Waals surface area contributed by atoms with Crippen molar-refractivity contribution in [2.45, 2.75) is 38.5 Å². The van der Waals surface area contributed by atoms with Gasteiger partial charge in [-0.3, -0.25) is 0 Å². The summed E-state index contributed by atoms with van der Waals surface area (Å²) in [6.07, 6.45) is 6.44. The number of aromatic hydroxyl groups is 1. The third-order valence-corrected chi connectivity index (χ3v) is 5.43. The molecule has 1 aromatic heterocycles. The highest BCUT2D eigenvalue weighted by molar-refractivity contribution is 5.85. The summed E-state index contributed by atoms with van der Waals surface area (Å²) in [6, 6.07) is 12.4. The quantitative estimate of drug-likeness (QED) is 0.640. The number of fused-ring (bicyclic) bond motifs is 1. The first-order chi connectivity index (χ1) is 12.2. The van der Waals surface area contributed by atoms with Crippen LogP contribution in [0, 0.1) is 17.7 Å². The first-order valence-electron chi connectivity index (χ1n) is 9.08. The van der Waals surface area contributed by atoms with E-state index in [4.69, 9.17) is 0 Å². The summed E-state index contributed by atoms with van der Waals surface area (Å²) in [5.74, 6) is 2.40. The van der Waals surface area contributed by atoms with Crippen molar-refractivity contribution in [2.75, 3.05) is 0 Å². The maximum atomic E-state index is 13.8. The van der Waals surface area contributed by atoms with E-state index in [1.54, 1.807) is 24.3 Å². The molecule has 138 valence electrons. The molecule has 0 aliphatic heterocycles. The molecule has 0 radical (unpaired) electrons. The molecular formula is C21H24ClFN2O. The number of H-pyrrole nitrogens is 1. The lowest BCUT2D eigenvalue weighted by Gasteiger charge is -2.28. The molecule has 5 heteroatoms. The Bertz CT molecular complexity index is 871. The highest BCUT2D eigenvalue weighted by Gasteiger charge is 2.23. The first kappa shape index (κ1) is 18.7. The fraction of sp³-hybridized carbons (Fsp3) is 0.381. The minimum atomic E-state index is -0.0739. The molecule has 1 fully saturated rings. The summed E-state index contributed by atoms with van der Waals surface area (Å²) >= 11 is 0. The zero-order valence-corrected chi connectivity index (χ0v) is 15.4. The summed E-state index contributed by atoms with van der Waals surface area (Å²) in [4.78, 5) is 7.95. The van der Waals surface area contributed by atoms with Gasteiger partial charge in [0.1, 0.15) is 17.4 Å². The monoisotopic (exact) mass is 374 g/mol. The molecule has 26 heavy (non-hydrogen) atoms. The number of hydrogen-bond acceptors (Lipinski definition) is 2. The van der Waals surface area contributed by atoms with E-state index in [2.05, 4.69) is 9.97 Å². The molecule has 1 heterocycles. The van der Waals surface area contributed by atoms with Gasteiger partial charge in [0.2, 0.25) is 0 Å². The topological polar surface area (TPSA) is 48.9 Å². The van der Waals surface area contributed by atoms with Gasteiger partial charge < -0.3 is 10.1 Å². The Morgan fingerprint density at radius 2 is 1.69 bits per heavy atom. The Morgan fingerprint density at radius 3 is 2.42 bits per heavy atom. The van der Waals surface area contributed by atoms with Crippen LogP contribution < -0.4 is 0 Å². The van der Waals surface area contributed by atoms with Crippen LogP contribution in [0.15, 0.2) is 42.5 Å². The molecule has 0 spiro atoms. The molecule has 0 amide bonds. The standard InChI is InChI=1S/C21H23FN2O.ClH/c22-18-4-2-1-3-16(18)11-14-5-7-15(8-6-14)12-21-23-19-10-9-17(25)13-20(19)24-21;/h1-4,9-10,13-15,25H,5-8,11-12H2,(H,23,24);1H. The van der Waals surface area contributed by atoms with Crippen molar-refractivity contribution in [2.24, 2.45) is 11.8 Å². The molecule has 3 aromatic rings. The summed E-state index contributed by atoms with van der Waals surface area (Å²) < 4.78 is 13.8. The Hall–Kier alpha value is -2.07. The molecule has 0 atom stereocenters. The molecule has 2 N–H and O–H groups in total. The Balaban J connectivity index is 0.00000196. The normalized spacial score (nSPS) is 20.0. The van der Waals surface area contributed by atoms with Crippen LogP contribution >= 0.6 is 12.4 Å². The lowest BCUT2D eigenvalue weighted by molar-refractivity contribution is 0.268. The number of phenolic OH excluding ortho intramolecular Hbond substituents is 1. The second kappa shape index (κ2) is 8.09. The van der Waals surface area contributed by atoms with Gasteiger partial charge in [-0.05, 0) is 67.7 Å². The van der Waals surface area contributed by atoms with Gasteiger partial charge in [0, 0.05) is 12.5 Å². The van der Waals surface area contributed by atoms with Gasteiger partial charge in [0.05, 0.1) is 11.0 Å². The largest absolute Gasteiger partial charge is 0.508 e. The molecule has 1 aliphatic carbocycles. The number of nitrogens with one attached hydrogen (secondary N) is 1. The van der Waals surface area contributed by atoms with Crippen molar-refractivity contribution in [3.8, 4) is 5.75 Å². The van der Waals surface area contributed by atoms with Crippen LogP contribution in [0.4, 0.5) is 4.39 Å². The van der Waals surface area contributed by atoms with Gasteiger partial charge in [-0.1, -0.05) is 18.2 Å². The molecule has 1 aliphatic rings. The van der Waals surface area contributed by atoms with Crippen LogP contribution in [0.2, 0.25) is 0 Å². The molecule has 4 rings (SSSR count). The summed E-state index contributed by atoms with van der Waals surface area (Å²) in [5, 5.41) is 9.56. The van der Waals surface area contributed by atoms with Crippen molar-refractivity contribution < 1.29 is 9.50 Å². The molecule has 2 aromatic carbocycles. The van der Waals surface area contributed by atoms with Crippen molar-refractivity contribution in [3.63, 3.8) is 0 Å². The van der Waals surface area contributed by atoms with Crippen molar-refractivity contribution in [1.29, 1.82) is 0 Å². The van der Waals surface area contributed by atoms with E-state index in [-0.39, 0.29) is 24.0 Å². The Labute approximate surface area is 159 Å². The second-order valence-electron chi connectivity index (χ2n) is 7.27. The van der Waals surface area contributed by atoms with Crippen LogP contribution in [0.5, 0.6) is 5.75 Å². The van der Waals surface area contributed by atoms with Gasteiger partial charge in [-0.25, -0.2) is 9.37 Å². The smallest absolute Gasteiger partial charge is 0.126 e. The molecule has 3 nitrogen and oxygen atoms in total. The van der Waals surface area contributed by atoms with Crippen molar-refractivity contribution in [1.82, 2.24) is 9.97 Å². The predicted molar refractivity (Wildman–Crippen MR) is 104 cm³/mol. The number of phenols is 1. The molecule has 0 saturated heterocycles. The average molecular weight is 375 g/mol. The fourth-order valence-corrected chi connectivity index (χ4v) is 4.04. The number of aromatic amines is 1. The van der Waals surface area contributed by atoms with Gasteiger partial charge in [0.15, 0.2) is 0 Å². The number of halogens is 2. The van der Waals surface area contributed by atoms with Crippen LogP contribution in [-0.2, 0) is 12.8 Å². The van der Waals surface area contributed by atoms with Gasteiger partial charge in [-0.2, -0.15) is 0 Å². The van der Waals surface area contributed by atoms with E-state index in [0.29, 0.717) is 11.8 Å². The zero-order valence-electron chi connectivity index (χ0n) is 14.6. The summed E-state index contributed by atoms with van der Waals surface area (Å²) in [5.41, 5.74) is 2.65. The second-order valence-corrected chi connectivity index (χ2v) is 7.27. The van der Waals surface area contributed by atoms with Crippen LogP contribution in [0.25, 0.3) is 11.0 Å². The van der Waals surface area contributed by atoms with Crippen LogP contribution in [-0.4, -0.2) is 15.1 Å². The minimum Gasteiger partial charge on any atom is -0.508 e. The SMILES string of the molecule is Cl.Oc1ccc2nc(CC3CCC(Cc4ccccc4F)CC3)[nH]c2c1. The maximum Gasteiger partial charge on any atom is 0.126 e. The molecule has 0 unspecified atom stereocenters. The number of hydrogen-bond donors (Lipinski definition) is 2. The van der Waals surface area contributed by atoms with E-state index in [1.807, 2.05) is 18.2 Å². The van der Waals surface area contributed by atoms with Gasteiger partial charge in [0.25, 0.3) is 0 Å². The zero-order chi connectivity index (χ0) is 17.2. The van der Waals surface area contributed by atoms with E-state index in [0.717, 1.165) is 48.1 Å². The van der Waals surface area contributed by atoms with E-state index < -0.39 is 0 Å². The number of benzene rings is 2. The van der Waals surface area contributed by atoms with Gasteiger partial charge in [-0.15, -0.1) is 12.4 Å². The van der Waals surface area contributed by atoms with Gasteiger partial charge >= 0.3 is 0 Å². The Kier molecular flexibility index (Phi) is 5.82. The minimum absolute atomic E-state index is 0. The van der Waals surface area contributed by atoms with E-state index in [1.165, 1.54) is 12.8 Å². The van der Waals surface area contributed by atoms with Crippen LogP contribution in [0.1, 0.15) is 37.1 Å². The molecule has 0 bridgehead atoms. The van der Waals surface area contributed by atoms with E-state index in [9.17, 15) is 9.50 Å². The van der Waals surface area contributed by atoms with E-state index >= 15 is 0 Å². The number of imidazole rings is 1. The third-order valence-electron chi connectivity index (χ3n) is 5.43. The maximum absolute atomic E-state index is 13.8. The Morgan fingerprint density at radius 1 is 1.00 bits per heavy atom. The number of rotatable bonds is 4. The van der Waals surface area contributed by atoms with Crippen LogP contribution in [0.3, 0.4) is 0 Å². The molecular weight excluding hydrogens is 351 g/mol.